The zero-order valence-electron chi connectivity index (χ0n) is 23.8. The van der Waals surface area contributed by atoms with E-state index in [0.29, 0.717) is 11.5 Å². The van der Waals surface area contributed by atoms with Crippen molar-refractivity contribution in [1.29, 1.82) is 0 Å². The number of fused-ring (bicyclic) bond motifs is 7. The van der Waals surface area contributed by atoms with E-state index in [-0.39, 0.29) is 17.8 Å². The van der Waals surface area contributed by atoms with Crippen LogP contribution >= 0.6 is 0 Å². The van der Waals surface area contributed by atoms with Crippen molar-refractivity contribution in [3.63, 3.8) is 0 Å². The fourth-order valence-electron chi connectivity index (χ4n) is 8.23. The SMILES string of the molecule is CN1C2=CC=CCC2C2=C1C(c1ccc(O)c3ccccc13)c1c([nH]c3ccccc13)C2c1ccc(O)c2ccccc12. The monoisotopic (exact) mass is 558 g/mol. The molecule has 2 heterocycles. The predicted octanol–water partition coefficient (Wildman–Crippen LogP) is 8.82. The topological polar surface area (TPSA) is 59.5 Å². The Hall–Kier alpha value is -5.22. The first-order valence-corrected chi connectivity index (χ1v) is 15.0. The minimum absolute atomic E-state index is 0.0209. The number of phenols is 2. The number of hydrogen-bond acceptors (Lipinski definition) is 3. The molecule has 4 nitrogen and oxygen atoms in total. The lowest BCUT2D eigenvalue weighted by Crippen LogP contribution is -2.25. The van der Waals surface area contributed by atoms with Crippen LogP contribution in [0.15, 0.2) is 132 Å². The number of benzene rings is 5. The summed E-state index contributed by atoms with van der Waals surface area (Å²) in [5.41, 5.74) is 10.1. The van der Waals surface area contributed by atoms with Crippen molar-refractivity contribution >= 4 is 32.4 Å². The average Bonchev–Trinajstić information content (AvgIpc) is 3.57. The first-order valence-electron chi connectivity index (χ1n) is 15.0. The molecule has 2 aliphatic carbocycles. The summed E-state index contributed by atoms with van der Waals surface area (Å²) < 4.78 is 0. The fraction of sp³-hybridized carbons (Fsp3) is 0.128. The van der Waals surface area contributed by atoms with Gasteiger partial charge in [-0.05, 0) is 63.7 Å². The second-order valence-corrected chi connectivity index (χ2v) is 12.0. The molecule has 1 aromatic heterocycles. The van der Waals surface area contributed by atoms with Gasteiger partial charge in [-0.3, -0.25) is 0 Å². The van der Waals surface area contributed by atoms with Crippen LogP contribution in [-0.4, -0.2) is 27.1 Å². The van der Waals surface area contributed by atoms with Crippen molar-refractivity contribution in [2.24, 2.45) is 5.92 Å². The first kappa shape index (κ1) is 24.4. The van der Waals surface area contributed by atoms with Crippen LogP contribution < -0.4 is 0 Å². The number of allylic oxidation sites excluding steroid dienone is 5. The molecule has 3 atom stereocenters. The van der Waals surface area contributed by atoms with E-state index in [1.54, 1.807) is 0 Å². The van der Waals surface area contributed by atoms with Crippen molar-refractivity contribution in [1.82, 2.24) is 9.88 Å². The summed E-state index contributed by atoms with van der Waals surface area (Å²) in [7, 11) is 2.22. The number of nitrogens with zero attached hydrogens (tertiary/aromatic N) is 1. The zero-order valence-corrected chi connectivity index (χ0v) is 23.8. The largest absolute Gasteiger partial charge is 0.507 e. The van der Waals surface area contributed by atoms with Gasteiger partial charge in [0.1, 0.15) is 11.5 Å². The molecule has 0 saturated heterocycles. The second kappa shape index (κ2) is 8.89. The number of nitrogens with one attached hydrogen (secondary N) is 1. The number of likely N-dealkylation sites (N-methyl/N-ethyl adjacent to an activating group) is 1. The lowest BCUT2D eigenvalue weighted by Gasteiger charge is -2.36. The number of aromatic amines is 1. The Balaban J connectivity index is 1.44. The van der Waals surface area contributed by atoms with Crippen LogP contribution in [0.5, 0.6) is 11.5 Å². The third kappa shape index (κ3) is 3.26. The van der Waals surface area contributed by atoms with Crippen LogP contribution in [0.1, 0.15) is 40.6 Å². The van der Waals surface area contributed by atoms with E-state index in [1.807, 2.05) is 36.4 Å². The van der Waals surface area contributed by atoms with Gasteiger partial charge >= 0.3 is 0 Å². The number of aromatic hydroxyl groups is 2. The highest BCUT2D eigenvalue weighted by atomic mass is 16.3. The van der Waals surface area contributed by atoms with Crippen molar-refractivity contribution in [2.45, 2.75) is 18.3 Å². The van der Waals surface area contributed by atoms with Gasteiger partial charge in [0.15, 0.2) is 0 Å². The quantitative estimate of drug-likeness (QED) is 0.199. The summed E-state index contributed by atoms with van der Waals surface area (Å²) in [6, 6.07) is 33.0. The summed E-state index contributed by atoms with van der Waals surface area (Å²) in [6.45, 7) is 0. The highest BCUT2D eigenvalue weighted by Crippen LogP contribution is 2.60. The molecular formula is C39H30N2O2. The zero-order chi connectivity index (χ0) is 28.8. The number of hydrogen-bond donors (Lipinski definition) is 3. The molecular weight excluding hydrogens is 528 g/mol. The number of aromatic nitrogens is 1. The van der Waals surface area contributed by atoms with Crippen LogP contribution in [-0.2, 0) is 0 Å². The molecule has 0 saturated carbocycles. The van der Waals surface area contributed by atoms with Gasteiger partial charge in [-0.25, -0.2) is 0 Å². The van der Waals surface area contributed by atoms with Gasteiger partial charge in [0.05, 0.1) is 5.92 Å². The van der Waals surface area contributed by atoms with E-state index in [0.717, 1.165) is 33.5 Å². The average molecular weight is 559 g/mol. The molecule has 208 valence electrons. The van der Waals surface area contributed by atoms with Crippen molar-refractivity contribution < 1.29 is 10.2 Å². The van der Waals surface area contributed by atoms with Gasteiger partial charge in [0, 0.05) is 57.6 Å². The van der Waals surface area contributed by atoms with Crippen molar-refractivity contribution in [2.75, 3.05) is 7.05 Å². The van der Waals surface area contributed by atoms with Crippen molar-refractivity contribution in [3.05, 3.63) is 155 Å². The molecule has 3 unspecified atom stereocenters. The molecule has 0 spiro atoms. The maximum absolute atomic E-state index is 10.9. The molecule has 3 N–H and O–H groups in total. The molecule has 43 heavy (non-hydrogen) atoms. The number of rotatable bonds is 2. The van der Waals surface area contributed by atoms with Gasteiger partial charge in [0.2, 0.25) is 0 Å². The number of para-hydroxylation sites is 1. The molecule has 6 aromatic rings. The molecule has 0 bridgehead atoms. The highest BCUT2D eigenvalue weighted by Gasteiger charge is 2.48. The third-order valence-electron chi connectivity index (χ3n) is 9.98. The fourth-order valence-corrected chi connectivity index (χ4v) is 8.23. The predicted molar refractivity (Wildman–Crippen MR) is 173 cm³/mol. The van der Waals surface area contributed by atoms with Crippen molar-refractivity contribution in [3.8, 4) is 11.5 Å². The molecule has 0 fully saturated rings. The maximum atomic E-state index is 10.9. The Morgan fingerprint density at radius 2 is 1.26 bits per heavy atom. The van der Waals surface area contributed by atoms with E-state index in [4.69, 9.17) is 0 Å². The summed E-state index contributed by atoms with van der Waals surface area (Å²) in [5, 5.41) is 26.8. The Morgan fingerprint density at radius 3 is 1.93 bits per heavy atom. The van der Waals surface area contributed by atoms with Crippen LogP contribution in [0, 0.1) is 5.92 Å². The van der Waals surface area contributed by atoms with Crippen LogP contribution in [0.25, 0.3) is 32.4 Å². The molecule has 0 amide bonds. The molecule has 9 rings (SSSR count). The summed E-state index contributed by atoms with van der Waals surface area (Å²) in [5.74, 6) is 0.792. The first-order chi connectivity index (χ1) is 21.1. The molecule has 5 aromatic carbocycles. The molecule has 4 heteroatoms. The molecule has 0 radical (unpaired) electrons. The van der Waals surface area contributed by atoms with Crippen LogP contribution in [0.3, 0.4) is 0 Å². The molecule has 3 aliphatic rings. The van der Waals surface area contributed by atoms with E-state index in [1.165, 1.54) is 44.7 Å². The van der Waals surface area contributed by atoms with Crippen LogP contribution in [0.4, 0.5) is 0 Å². The minimum atomic E-state index is -0.0391. The maximum Gasteiger partial charge on any atom is 0.123 e. The van der Waals surface area contributed by atoms with E-state index < -0.39 is 0 Å². The standard InChI is InChI=1S/C39H30N2O2/c1-41-31-17-9-7-15-29(31)37-34(26-18-20-32(42)24-12-4-2-10-22(24)26)38-35(28-14-6-8-16-30(28)40-38)36(39(37)41)27-19-21-33(43)25-13-5-3-11-23(25)27/h2-14,16-21,29,34,36,40,42-43H,15H2,1H3. The highest BCUT2D eigenvalue weighted by molar-refractivity contribution is 5.96. The second-order valence-electron chi connectivity index (χ2n) is 12.0. The number of H-pyrrole nitrogens is 1. The van der Waals surface area contributed by atoms with Gasteiger partial charge in [-0.2, -0.15) is 0 Å². The number of phenolic OH excluding ortho intramolecular Hbond substituents is 2. The van der Waals surface area contributed by atoms with Gasteiger partial charge < -0.3 is 20.1 Å². The van der Waals surface area contributed by atoms with Gasteiger partial charge in [-0.15, -0.1) is 0 Å². The Kier molecular flexibility index (Phi) is 5.04. The van der Waals surface area contributed by atoms with E-state index in [2.05, 4.69) is 95.8 Å². The Morgan fingerprint density at radius 1 is 0.674 bits per heavy atom. The third-order valence-corrected chi connectivity index (χ3v) is 9.98. The van der Waals surface area contributed by atoms with E-state index in [9.17, 15) is 10.2 Å². The summed E-state index contributed by atoms with van der Waals surface area (Å²) in [4.78, 5) is 6.36. The minimum Gasteiger partial charge on any atom is -0.507 e. The van der Waals surface area contributed by atoms with Gasteiger partial charge in [-0.1, -0.05) is 91.0 Å². The normalized spacial score (nSPS) is 20.9. The summed E-state index contributed by atoms with van der Waals surface area (Å²) in [6.07, 6.45) is 7.69. The van der Waals surface area contributed by atoms with Crippen LogP contribution in [0.2, 0.25) is 0 Å². The Bertz CT molecular complexity index is 2230. The lowest BCUT2D eigenvalue weighted by atomic mass is 9.68. The summed E-state index contributed by atoms with van der Waals surface area (Å²) >= 11 is 0. The lowest BCUT2D eigenvalue weighted by molar-refractivity contribution is 0.478. The van der Waals surface area contributed by atoms with Gasteiger partial charge in [0.25, 0.3) is 0 Å². The van der Waals surface area contributed by atoms with E-state index >= 15 is 0 Å². The smallest absolute Gasteiger partial charge is 0.123 e. The Labute approximate surface area is 249 Å². The molecule has 1 aliphatic heterocycles.